The third-order valence-corrected chi connectivity index (χ3v) is 5.17. The summed E-state index contributed by atoms with van der Waals surface area (Å²) in [5.41, 5.74) is 0.109. The van der Waals surface area contributed by atoms with Crippen LogP contribution in [-0.4, -0.2) is 78.7 Å². The van der Waals surface area contributed by atoms with Crippen LogP contribution in [0.1, 0.15) is 37.8 Å². The zero-order valence-electron chi connectivity index (χ0n) is 19.6. The fourth-order valence-electron chi connectivity index (χ4n) is 3.40. The van der Waals surface area contributed by atoms with Crippen molar-refractivity contribution < 1.29 is 46.9 Å². The lowest BCUT2D eigenvalue weighted by Crippen LogP contribution is -2.47. The standard InChI is InChI=1S/C22H30F3N3O7/c1-3-33-21(32)35-15(2)34-19(29)5-4-8-26-18-13-17(22(23,24)25)7-6-16(18)14-27-9-11-28(12-10-27)20(30)31/h6-7,13,15,26H,3-5,8-12,14H2,1-2H3,(H,30,31). The Morgan fingerprint density at radius 3 is 2.43 bits per heavy atom. The molecule has 1 unspecified atom stereocenters. The number of amides is 1. The highest BCUT2D eigenvalue weighted by Crippen LogP contribution is 2.32. The van der Waals surface area contributed by atoms with Gasteiger partial charge in [-0.25, -0.2) is 9.59 Å². The van der Waals surface area contributed by atoms with Crippen molar-refractivity contribution >= 4 is 23.9 Å². The molecule has 1 fully saturated rings. The predicted molar refractivity (Wildman–Crippen MR) is 118 cm³/mol. The number of piperazine rings is 1. The number of carbonyl (C=O) groups excluding carboxylic acids is 2. The van der Waals surface area contributed by atoms with E-state index in [2.05, 4.69) is 10.1 Å². The van der Waals surface area contributed by atoms with Gasteiger partial charge in [0, 0.05) is 58.3 Å². The van der Waals surface area contributed by atoms with Gasteiger partial charge in [-0.2, -0.15) is 13.2 Å². The topological polar surface area (TPSA) is 118 Å². The van der Waals surface area contributed by atoms with Crippen molar-refractivity contribution in [2.75, 3.05) is 44.6 Å². The van der Waals surface area contributed by atoms with Gasteiger partial charge < -0.3 is 29.5 Å². The number of carbonyl (C=O) groups is 3. The van der Waals surface area contributed by atoms with Crippen LogP contribution >= 0.6 is 0 Å². The molecule has 13 heteroatoms. The summed E-state index contributed by atoms with van der Waals surface area (Å²) in [6.45, 7) is 5.18. The fourth-order valence-corrected chi connectivity index (χ4v) is 3.40. The van der Waals surface area contributed by atoms with Crippen LogP contribution < -0.4 is 5.32 Å². The molecule has 1 heterocycles. The van der Waals surface area contributed by atoms with E-state index in [1.165, 1.54) is 17.9 Å². The molecule has 196 valence electrons. The average Bonchev–Trinajstić information content (AvgIpc) is 2.77. The van der Waals surface area contributed by atoms with Gasteiger partial charge in [0.15, 0.2) is 0 Å². The Morgan fingerprint density at radius 1 is 1.14 bits per heavy atom. The van der Waals surface area contributed by atoms with Crippen LogP contribution in [0.2, 0.25) is 0 Å². The Balaban J connectivity index is 1.91. The Bertz CT molecular complexity index is 874. The molecule has 2 rings (SSSR count). The van der Waals surface area contributed by atoms with Gasteiger partial charge in [0.2, 0.25) is 6.29 Å². The Labute approximate surface area is 200 Å². The van der Waals surface area contributed by atoms with E-state index in [4.69, 9.17) is 14.6 Å². The number of ether oxygens (including phenoxy) is 3. The van der Waals surface area contributed by atoms with Crippen molar-refractivity contribution in [2.24, 2.45) is 0 Å². The van der Waals surface area contributed by atoms with Gasteiger partial charge in [-0.3, -0.25) is 9.69 Å². The first kappa shape index (κ1) is 28.0. The lowest BCUT2D eigenvalue weighted by atomic mass is 10.1. The van der Waals surface area contributed by atoms with Crippen LogP contribution in [0.4, 0.5) is 28.4 Å². The summed E-state index contributed by atoms with van der Waals surface area (Å²) in [4.78, 5) is 37.4. The predicted octanol–water partition coefficient (Wildman–Crippen LogP) is 3.76. The molecule has 35 heavy (non-hydrogen) atoms. The van der Waals surface area contributed by atoms with Crippen LogP contribution in [0, 0.1) is 0 Å². The maximum atomic E-state index is 13.2. The molecule has 0 aromatic heterocycles. The second-order valence-electron chi connectivity index (χ2n) is 7.80. The maximum Gasteiger partial charge on any atom is 0.511 e. The lowest BCUT2D eigenvalue weighted by Gasteiger charge is -2.33. The van der Waals surface area contributed by atoms with Crippen molar-refractivity contribution in [1.29, 1.82) is 0 Å². The van der Waals surface area contributed by atoms with Crippen LogP contribution in [0.3, 0.4) is 0 Å². The number of hydrogen-bond acceptors (Lipinski definition) is 8. The molecule has 0 aliphatic carbocycles. The summed E-state index contributed by atoms with van der Waals surface area (Å²) >= 11 is 0. The summed E-state index contributed by atoms with van der Waals surface area (Å²) in [5, 5.41) is 12.0. The first-order valence-corrected chi connectivity index (χ1v) is 11.2. The molecule has 1 atom stereocenters. The summed E-state index contributed by atoms with van der Waals surface area (Å²) in [6, 6.07) is 3.43. The van der Waals surface area contributed by atoms with E-state index >= 15 is 0 Å². The van der Waals surface area contributed by atoms with Crippen molar-refractivity contribution in [3.05, 3.63) is 29.3 Å². The maximum absolute atomic E-state index is 13.2. The number of halogens is 3. The molecular formula is C22H30F3N3O7. The number of anilines is 1. The van der Waals surface area contributed by atoms with E-state index in [9.17, 15) is 27.6 Å². The average molecular weight is 505 g/mol. The molecule has 1 aromatic carbocycles. The first-order chi connectivity index (χ1) is 16.5. The minimum Gasteiger partial charge on any atom is -0.465 e. The number of nitrogens with one attached hydrogen (secondary N) is 1. The quantitative estimate of drug-likeness (QED) is 0.278. The number of rotatable bonds is 10. The molecule has 1 saturated heterocycles. The Hall–Kier alpha value is -3.22. The zero-order chi connectivity index (χ0) is 26.0. The highest BCUT2D eigenvalue weighted by atomic mass is 19.4. The molecule has 1 amide bonds. The van der Waals surface area contributed by atoms with Crippen molar-refractivity contribution in [3.8, 4) is 0 Å². The number of carboxylic acid groups (broad SMARTS) is 1. The van der Waals surface area contributed by atoms with Gasteiger partial charge in [-0.15, -0.1) is 0 Å². The minimum absolute atomic E-state index is 0.0467. The van der Waals surface area contributed by atoms with E-state index in [-0.39, 0.29) is 31.7 Å². The molecule has 0 bridgehead atoms. The van der Waals surface area contributed by atoms with Crippen LogP contribution in [0.15, 0.2) is 18.2 Å². The molecular weight excluding hydrogens is 475 g/mol. The van der Waals surface area contributed by atoms with Crippen LogP contribution in [0.25, 0.3) is 0 Å². The Kier molecular flexibility index (Phi) is 10.4. The third kappa shape index (κ3) is 9.51. The normalized spacial score (nSPS) is 15.3. The summed E-state index contributed by atoms with van der Waals surface area (Å²) in [7, 11) is 0. The molecule has 0 radical (unpaired) electrons. The fraction of sp³-hybridized carbons (Fsp3) is 0.591. The molecule has 1 aromatic rings. The van der Waals surface area contributed by atoms with Gasteiger partial charge in [0.05, 0.1) is 12.2 Å². The third-order valence-electron chi connectivity index (χ3n) is 5.17. The second kappa shape index (κ2) is 13.0. The summed E-state index contributed by atoms with van der Waals surface area (Å²) in [5.74, 6) is -0.635. The largest absolute Gasteiger partial charge is 0.511 e. The van der Waals surface area contributed by atoms with E-state index in [1.54, 1.807) is 6.92 Å². The highest BCUT2D eigenvalue weighted by molar-refractivity contribution is 5.70. The number of benzene rings is 1. The van der Waals surface area contributed by atoms with Gasteiger partial charge >= 0.3 is 24.4 Å². The molecule has 0 saturated carbocycles. The minimum atomic E-state index is -4.51. The van der Waals surface area contributed by atoms with E-state index < -0.39 is 36.2 Å². The molecule has 0 spiro atoms. The highest BCUT2D eigenvalue weighted by Gasteiger charge is 2.31. The van der Waals surface area contributed by atoms with Gasteiger partial charge in [-0.1, -0.05) is 6.07 Å². The van der Waals surface area contributed by atoms with Gasteiger partial charge in [0.1, 0.15) is 0 Å². The SMILES string of the molecule is CCOC(=O)OC(C)OC(=O)CCCNc1cc(C(F)(F)F)ccc1CN1CCN(C(=O)O)CC1. The molecule has 10 nitrogen and oxygen atoms in total. The monoisotopic (exact) mass is 505 g/mol. The lowest BCUT2D eigenvalue weighted by molar-refractivity contribution is -0.167. The number of hydrogen-bond donors (Lipinski definition) is 2. The Morgan fingerprint density at radius 2 is 1.83 bits per heavy atom. The van der Waals surface area contributed by atoms with Crippen LogP contribution in [-0.2, 0) is 31.7 Å². The summed E-state index contributed by atoms with van der Waals surface area (Å²) < 4.78 is 53.9. The number of nitrogens with zero attached hydrogens (tertiary/aromatic N) is 2. The first-order valence-electron chi connectivity index (χ1n) is 11.2. The van der Waals surface area contributed by atoms with E-state index in [0.29, 0.717) is 38.3 Å². The molecule has 1 aliphatic rings. The second-order valence-corrected chi connectivity index (χ2v) is 7.80. The van der Waals surface area contributed by atoms with Gasteiger partial charge in [-0.05, 0) is 31.0 Å². The summed E-state index contributed by atoms with van der Waals surface area (Å²) in [6.07, 6.45) is -7.39. The zero-order valence-corrected chi connectivity index (χ0v) is 19.6. The number of alkyl halides is 3. The molecule has 2 N–H and O–H groups in total. The van der Waals surface area contributed by atoms with E-state index in [0.717, 1.165) is 12.1 Å². The van der Waals surface area contributed by atoms with E-state index in [1.807, 2.05) is 4.90 Å². The van der Waals surface area contributed by atoms with Crippen molar-refractivity contribution in [1.82, 2.24) is 9.80 Å². The van der Waals surface area contributed by atoms with Crippen molar-refractivity contribution in [2.45, 2.75) is 45.7 Å². The molecule has 1 aliphatic heterocycles. The van der Waals surface area contributed by atoms with Crippen LogP contribution in [0.5, 0.6) is 0 Å². The van der Waals surface area contributed by atoms with Crippen molar-refractivity contribution in [3.63, 3.8) is 0 Å². The van der Waals surface area contributed by atoms with Gasteiger partial charge in [0.25, 0.3) is 0 Å². The smallest absolute Gasteiger partial charge is 0.465 e. The number of esters is 1.